The number of nitrogens with zero attached hydrogens (tertiary/aromatic N) is 1. The Balaban J connectivity index is 3.43. The lowest BCUT2D eigenvalue weighted by Gasteiger charge is -2.36. The van der Waals surface area contributed by atoms with Gasteiger partial charge >= 0.3 is 15.2 Å². The van der Waals surface area contributed by atoms with Crippen LogP contribution in [0.3, 0.4) is 0 Å². The molecule has 1 rings (SSSR count). The summed E-state index contributed by atoms with van der Waals surface area (Å²) in [6.45, 7) is 0. The fourth-order valence-electron chi connectivity index (χ4n) is 1.82. The molecule has 1 heterocycles. The van der Waals surface area contributed by atoms with E-state index in [2.05, 4.69) is 4.98 Å². The number of pyridine rings is 1. The molecule has 1 N–H and O–H groups in total. The SMILES string of the molecule is COP(=O)(OC)C(O)(Cc1ccccn1)P(=O)(OC)OC. The molecule has 0 aliphatic heterocycles. The molecule has 0 aliphatic carbocycles. The quantitative estimate of drug-likeness (QED) is 0.719. The van der Waals surface area contributed by atoms with E-state index in [1.165, 1.54) is 6.20 Å². The minimum Gasteiger partial charge on any atom is -0.367 e. The molecule has 1 aromatic heterocycles. The van der Waals surface area contributed by atoms with Crippen LogP contribution in [0.4, 0.5) is 0 Å². The molecule has 0 radical (unpaired) electrons. The Morgan fingerprint density at radius 1 is 1.05 bits per heavy atom. The minimum atomic E-state index is -4.22. The van der Waals surface area contributed by atoms with Crippen molar-refractivity contribution in [1.29, 1.82) is 0 Å². The summed E-state index contributed by atoms with van der Waals surface area (Å²) in [6, 6.07) is 4.90. The third kappa shape index (κ3) is 3.27. The number of hydrogen-bond donors (Lipinski definition) is 1. The average Bonchev–Trinajstić information content (AvgIpc) is 2.53. The van der Waals surface area contributed by atoms with Gasteiger partial charge in [-0.05, 0) is 12.1 Å². The van der Waals surface area contributed by atoms with Crippen molar-refractivity contribution >= 4 is 15.2 Å². The van der Waals surface area contributed by atoms with Gasteiger partial charge < -0.3 is 23.2 Å². The normalized spacial score (nSPS) is 13.4. The maximum atomic E-state index is 12.7. The van der Waals surface area contributed by atoms with Gasteiger partial charge in [0.25, 0.3) is 5.08 Å². The molecule has 0 spiro atoms. The summed E-state index contributed by atoms with van der Waals surface area (Å²) in [7, 11) is -4.15. The van der Waals surface area contributed by atoms with Crippen LogP contribution in [0.1, 0.15) is 5.69 Å². The Labute approximate surface area is 123 Å². The van der Waals surface area contributed by atoms with Crippen molar-refractivity contribution in [3.8, 4) is 0 Å². The van der Waals surface area contributed by atoms with Crippen molar-refractivity contribution in [3.63, 3.8) is 0 Å². The molecule has 0 aliphatic rings. The summed E-state index contributed by atoms with van der Waals surface area (Å²) in [4.78, 5) is 4.00. The third-order valence-corrected chi connectivity index (χ3v) is 8.45. The number of aromatic nitrogens is 1. The second-order valence-electron chi connectivity index (χ2n) is 4.00. The lowest BCUT2D eigenvalue weighted by Crippen LogP contribution is -2.34. The first-order valence-electron chi connectivity index (χ1n) is 5.88. The predicted octanol–water partition coefficient (Wildman–Crippen LogP) is 2.24. The van der Waals surface area contributed by atoms with Crippen LogP contribution in [0.15, 0.2) is 24.4 Å². The van der Waals surface area contributed by atoms with E-state index >= 15 is 0 Å². The summed E-state index contributed by atoms with van der Waals surface area (Å²) in [5.74, 6) is 0. The van der Waals surface area contributed by atoms with Gasteiger partial charge in [0.15, 0.2) is 0 Å². The van der Waals surface area contributed by atoms with Gasteiger partial charge in [-0.25, -0.2) is 0 Å². The molecule has 10 heteroatoms. The van der Waals surface area contributed by atoms with Crippen LogP contribution in [-0.2, 0) is 33.6 Å². The van der Waals surface area contributed by atoms with E-state index in [0.29, 0.717) is 5.69 Å². The molecule has 0 bridgehead atoms. The van der Waals surface area contributed by atoms with E-state index in [0.717, 1.165) is 28.4 Å². The number of hydrogen-bond acceptors (Lipinski definition) is 8. The van der Waals surface area contributed by atoms with Gasteiger partial charge in [0, 0.05) is 46.8 Å². The summed E-state index contributed by atoms with van der Waals surface area (Å²) >= 11 is 0. The highest BCUT2D eigenvalue weighted by Crippen LogP contribution is 2.76. The summed E-state index contributed by atoms with van der Waals surface area (Å²) in [5.41, 5.74) is 0.323. The molecule has 8 nitrogen and oxygen atoms in total. The topological polar surface area (TPSA) is 104 Å². The van der Waals surface area contributed by atoms with E-state index in [4.69, 9.17) is 18.1 Å². The fourth-order valence-corrected chi connectivity index (χ4v) is 6.18. The zero-order chi connectivity index (χ0) is 16.1. The molecule has 21 heavy (non-hydrogen) atoms. The molecule has 0 saturated heterocycles. The molecular weight excluding hydrogens is 320 g/mol. The average molecular weight is 339 g/mol. The Morgan fingerprint density at radius 2 is 1.52 bits per heavy atom. The Hall–Kier alpha value is -0.590. The molecule has 0 unspecified atom stereocenters. The highest BCUT2D eigenvalue weighted by molar-refractivity contribution is 7.73. The van der Waals surface area contributed by atoms with E-state index < -0.39 is 26.7 Å². The maximum Gasteiger partial charge on any atom is 0.374 e. The van der Waals surface area contributed by atoms with Crippen LogP contribution in [0.2, 0.25) is 0 Å². The van der Waals surface area contributed by atoms with Crippen molar-refractivity contribution in [3.05, 3.63) is 30.1 Å². The zero-order valence-electron chi connectivity index (χ0n) is 12.3. The van der Waals surface area contributed by atoms with E-state index in [-0.39, 0.29) is 0 Å². The fraction of sp³-hybridized carbons (Fsp3) is 0.545. The predicted molar refractivity (Wildman–Crippen MR) is 76.1 cm³/mol. The van der Waals surface area contributed by atoms with Gasteiger partial charge in [0.2, 0.25) is 0 Å². The van der Waals surface area contributed by atoms with Gasteiger partial charge in [0.1, 0.15) is 0 Å². The smallest absolute Gasteiger partial charge is 0.367 e. The Kier molecular flexibility index (Phi) is 6.25. The molecular formula is C11H19NO7P2. The van der Waals surface area contributed by atoms with Crippen molar-refractivity contribution in [2.45, 2.75) is 11.5 Å². The van der Waals surface area contributed by atoms with Gasteiger partial charge in [-0.1, -0.05) is 6.07 Å². The first-order chi connectivity index (χ1) is 9.82. The van der Waals surface area contributed by atoms with Crippen LogP contribution < -0.4 is 0 Å². The second kappa shape index (κ2) is 7.11. The van der Waals surface area contributed by atoms with E-state index in [1.54, 1.807) is 18.2 Å². The van der Waals surface area contributed by atoms with Gasteiger partial charge in [0.05, 0.1) is 0 Å². The summed E-state index contributed by atoms with van der Waals surface area (Å²) < 4.78 is 44.6. The van der Waals surface area contributed by atoms with Gasteiger partial charge in [-0.2, -0.15) is 0 Å². The van der Waals surface area contributed by atoms with Crippen LogP contribution in [-0.4, -0.2) is 43.6 Å². The van der Waals surface area contributed by atoms with Crippen molar-refractivity contribution in [2.24, 2.45) is 0 Å². The van der Waals surface area contributed by atoms with Crippen molar-refractivity contribution in [1.82, 2.24) is 4.98 Å². The van der Waals surface area contributed by atoms with Crippen molar-refractivity contribution in [2.75, 3.05) is 28.4 Å². The standard InChI is InChI=1S/C11H19NO7P2/c1-16-20(14,17-2)11(13,21(15,18-3)19-4)9-10-7-5-6-8-12-10/h5-8,13H,9H2,1-4H3. The molecule has 0 saturated carbocycles. The largest absolute Gasteiger partial charge is 0.374 e. The van der Waals surface area contributed by atoms with E-state index in [1.807, 2.05) is 0 Å². The van der Waals surface area contributed by atoms with Crippen molar-refractivity contribution < 1.29 is 32.3 Å². The monoisotopic (exact) mass is 339 g/mol. The number of aliphatic hydroxyl groups is 1. The molecule has 120 valence electrons. The molecule has 0 aromatic carbocycles. The third-order valence-electron chi connectivity index (χ3n) is 2.98. The van der Waals surface area contributed by atoms with Crippen LogP contribution >= 0.6 is 15.2 Å². The molecule has 1 aromatic rings. The van der Waals surface area contributed by atoms with Crippen LogP contribution in [0.25, 0.3) is 0 Å². The Morgan fingerprint density at radius 3 is 1.86 bits per heavy atom. The highest BCUT2D eigenvalue weighted by Gasteiger charge is 2.64. The van der Waals surface area contributed by atoms with Crippen LogP contribution in [0.5, 0.6) is 0 Å². The lowest BCUT2D eigenvalue weighted by atomic mass is 10.3. The van der Waals surface area contributed by atoms with Gasteiger partial charge in [-0.15, -0.1) is 0 Å². The number of rotatable bonds is 8. The summed E-state index contributed by atoms with van der Waals surface area (Å²) in [5, 5.41) is 8.31. The molecule has 0 atom stereocenters. The summed E-state index contributed by atoms with van der Waals surface area (Å²) in [6.07, 6.45) is 1.08. The maximum absolute atomic E-state index is 12.7. The molecule has 0 fully saturated rings. The lowest BCUT2D eigenvalue weighted by molar-refractivity contribution is 0.103. The van der Waals surface area contributed by atoms with Crippen LogP contribution in [0, 0.1) is 0 Å². The van der Waals surface area contributed by atoms with E-state index in [9.17, 15) is 14.2 Å². The minimum absolute atomic E-state index is 0.323. The second-order valence-corrected chi connectivity index (χ2v) is 9.28. The highest BCUT2D eigenvalue weighted by atomic mass is 31.2. The first-order valence-corrected chi connectivity index (χ1v) is 8.96. The molecule has 0 amide bonds. The van der Waals surface area contributed by atoms with Gasteiger partial charge in [-0.3, -0.25) is 14.1 Å². The zero-order valence-corrected chi connectivity index (χ0v) is 14.0. The Bertz CT molecular complexity index is 509. The first kappa shape index (κ1) is 18.5.